The number of allylic oxidation sites excluding steroid dienone is 5. The summed E-state index contributed by atoms with van der Waals surface area (Å²) >= 11 is 0. The Labute approximate surface area is 213 Å². The van der Waals surface area contributed by atoms with Gasteiger partial charge in [0, 0.05) is 24.2 Å². The van der Waals surface area contributed by atoms with Crippen LogP contribution < -0.4 is 10.5 Å². The second-order valence-electron chi connectivity index (χ2n) is 9.08. The number of hydrogen-bond donors (Lipinski definition) is 1. The molecule has 2 heterocycles. The normalized spacial score (nSPS) is 16.1. The Morgan fingerprint density at radius 2 is 1.81 bits per heavy atom. The van der Waals surface area contributed by atoms with Gasteiger partial charge in [-0.05, 0) is 67.8 Å². The van der Waals surface area contributed by atoms with Crippen molar-refractivity contribution in [2.24, 2.45) is 5.73 Å². The Balaban J connectivity index is 1.42. The van der Waals surface area contributed by atoms with Crippen LogP contribution in [0.1, 0.15) is 41.3 Å². The van der Waals surface area contributed by atoms with E-state index in [1.807, 2.05) is 18.2 Å². The third kappa shape index (κ3) is 5.81. The van der Waals surface area contributed by atoms with Crippen molar-refractivity contribution in [2.45, 2.75) is 31.7 Å². The molecule has 0 saturated carbocycles. The Morgan fingerprint density at radius 3 is 2.39 bits per heavy atom. The zero-order valence-electron chi connectivity index (χ0n) is 20.8. The summed E-state index contributed by atoms with van der Waals surface area (Å²) in [7, 11) is 0. The van der Waals surface area contributed by atoms with E-state index < -0.39 is 5.91 Å². The number of rotatable bonds is 9. The SMILES string of the molecule is C=C/C=C(\C=C/C)C1(c2ccccc2)CCN(Cc2ccc(Oc3ccc(C(N)=O)cn3)cc2)CC1. The van der Waals surface area contributed by atoms with Gasteiger partial charge in [-0.3, -0.25) is 9.69 Å². The molecular formula is C31H33N3O2. The smallest absolute Gasteiger partial charge is 0.250 e. The summed E-state index contributed by atoms with van der Waals surface area (Å²) < 4.78 is 5.81. The van der Waals surface area contributed by atoms with E-state index in [1.165, 1.54) is 22.9 Å². The first-order valence-electron chi connectivity index (χ1n) is 12.3. The summed E-state index contributed by atoms with van der Waals surface area (Å²) in [5, 5.41) is 0. The summed E-state index contributed by atoms with van der Waals surface area (Å²) in [5.74, 6) is 0.614. The first-order chi connectivity index (χ1) is 17.5. The third-order valence-corrected chi connectivity index (χ3v) is 6.81. The summed E-state index contributed by atoms with van der Waals surface area (Å²) in [5.41, 5.74) is 9.54. The van der Waals surface area contributed by atoms with Crippen LogP contribution in [0.25, 0.3) is 0 Å². The number of ether oxygens (including phenoxy) is 1. The highest BCUT2D eigenvalue weighted by molar-refractivity contribution is 5.92. The zero-order valence-corrected chi connectivity index (χ0v) is 20.8. The minimum absolute atomic E-state index is 0.00673. The van der Waals surface area contributed by atoms with Crippen LogP contribution >= 0.6 is 0 Å². The number of hydrogen-bond acceptors (Lipinski definition) is 4. The zero-order chi connectivity index (χ0) is 25.4. The fraction of sp³-hybridized carbons (Fsp3) is 0.226. The quantitative estimate of drug-likeness (QED) is 0.371. The molecule has 4 rings (SSSR count). The molecule has 1 aliphatic heterocycles. The lowest BCUT2D eigenvalue weighted by molar-refractivity contribution is 0.1000. The predicted molar refractivity (Wildman–Crippen MR) is 145 cm³/mol. The third-order valence-electron chi connectivity index (χ3n) is 6.81. The van der Waals surface area contributed by atoms with Gasteiger partial charge in [-0.15, -0.1) is 0 Å². The summed E-state index contributed by atoms with van der Waals surface area (Å²) in [6, 6.07) is 22.2. The van der Waals surface area contributed by atoms with Gasteiger partial charge in [0.25, 0.3) is 0 Å². The number of nitrogens with zero attached hydrogens (tertiary/aromatic N) is 2. The Hall–Kier alpha value is -3.96. The highest BCUT2D eigenvalue weighted by Gasteiger charge is 2.38. The lowest BCUT2D eigenvalue weighted by Gasteiger charge is -2.43. The molecule has 1 saturated heterocycles. The standard InChI is InChI=1S/C31H33N3O2/c1-3-8-26(9-4-2)31(27-10-6-5-7-11-27)18-20-34(21-19-31)23-24-12-15-28(16-13-24)36-29-17-14-25(22-33-29)30(32)35/h3-17,22H,1,18-21,23H2,2H3,(H2,32,35)/b9-4-,26-8+. The number of benzene rings is 2. The summed E-state index contributed by atoms with van der Waals surface area (Å²) in [6.07, 6.45) is 11.9. The van der Waals surface area contributed by atoms with Gasteiger partial charge >= 0.3 is 0 Å². The van der Waals surface area contributed by atoms with Crippen LogP contribution in [0.3, 0.4) is 0 Å². The van der Waals surface area contributed by atoms with Gasteiger partial charge in [0.15, 0.2) is 0 Å². The Bertz CT molecular complexity index is 1220. The molecule has 2 aromatic carbocycles. The van der Waals surface area contributed by atoms with E-state index in [-0.39, 0.29) is 5.41 Å². The predicted octanol–water partition coefficient (Wildman–Crippen LogP) is 6.20. The maximum Gasteiger partial charge on any atom is 0.250 e. The van der Waals surface area contributed by atoms with Crippen LogP contribution in [-0.2, 0) is 12.0 Å². The molecule has 0 atom stereocenters. The van der Waals surface area contributed by atoms with Gasteiger partial charge in [-0.25, -0.2) is 4.98 Å². The number of likely N-dealkylation sites (tertiary alicyclic amines) is 1. The van der Waals surface area contributed by atoms with E-state index in [2.05, 4.69) is 84.1 Å². The fourth-order valence-corrected chi connectivity index (χ4v) is 4.90. The number of nitrogens with two attached hydrogens (primary N) is 1. The van der Waals surface area contributed by atoms with Crippen molar-refractivity contribution in [2.75, 3.05) is 13.1 Å². The van der Waals surface area contributed by atoms with Gasteiger partial charge in [-0.2, -0.15) is 0 Å². The lowest BCUT2D eigenvalue weighted by atomic mass is 9.67. The molecule has 0 bridgehead atoms. The number of aromatic nitrogens is 1. The van der Waals surface area contributed by atoms with Crippen LogP contribution in [0.5, 0.6) is 11.6 Å². The number of amides is 1. The maximum atomic E-state index is 11.2. The molecule has 3 aromatic rings. The van der Waals surface area contributed by atoms with Crippen molar-refractivity contribution in [3.05, 3.63) is 126 Å². The van der Waals surface area contributed by atoms with E-state index in [9.17, 15) is 4.79 Å². The van der Waals surface area contributed by atoms with Gasteiger partial charge in [-0.1, -0.05) is 73.3 Å². The molecule has 1 aliphatic rings. The van der Waals surface area contributed by atoms with Crippen LogP contribution in [0.15, 0.2) is 109 Å². The molecule has 0 aliphatic carbocycles. The van der Waals surface area contributed by atoms with Gasteiger partial charge in [0.05, 0.1) is 5.56 Å². The van der Waals surface area contributed by atoms with Crippen LogP contribution in [0.4, 0.5) is 0 Å². The number of pyridine rings is 1. The van der Waals surface area contributed by atoms with Crippen molar-refractivity contribution in [3.63, 3.8) is 0 Å². The van der Waals surface area contributed by atoms with Gasteiger partial charge in [0.2, 0.25) is 11.8 Å². The van der Waals surface area contributed by atoms with E-state index >= 15 is 0 Å². The number of carbonyl (C=O) groups is 1. The topological polar surface area (TPSA) is 68.5 Å². The van der Waals surface area contributed by atoms with Crippen molar-refractivity contribution >= 4 is 5.91 Å². The summed E-state index contributed by atoms with van der Waals surface area (Å²) in [6.45, 7) is 8.95. The van der Waals surface area contributed by atoms with E-state index in [0.717, 1.165) is 32.5 Å². The van der Waals surface area contributed by atoms with E-state index in [0.29, 0.717) is 17.2 Å². The molecule has 0 radical (unpaired) electrons. The molecule has 0 spiro atoms. The van der Waals surface area contributed by atoms with Crippen LogP contribution in [-0.4, -0.2) is 28.9 Å². The number of carbonyl (C=O) groups excluding carboxylic acids is 1. The minimum Gasteiger partial charge on any atom is -0.439 e. The first-order valence-corrected chi connectivity index (χ1v) is 12.3. The molecule has 5 nitrogen and oxygen atoms in total. The van der Waals surface area contributed by atoms with Crippen molar-refractivity contribution in [3.8, 4) is 11.6 Å². The maximum absolute atomic E-state index is 11.2. The number of piperidine rings is 1. The molecule has 1 amide bonds. The fourth-order valence-electron chi connectivity index (χ4n) is 4.90. The highest BCUT2D eigenvalue weighted by Crippen LogP contribution is 2.43. The molecule has 0 unspecified atom stereocenters. The average Bonchev–Trinajstić information content (AvgIpc) is 2.91. The molecule has 36 heavy (non-hydrogen) atoms. The lowest BCUT2D eigenvalue weighted by Crippen LogP contribution is -2.43. The van der Waals surface area contributed by atoms with Crippen molar-refractivity contribution in [1.82, 2.24) is 9.88 Å². The van der Waals surface area contributed by atoms with E-state index in [1.54, 1.807) is 12.1 Å². The Morgan fingerprint density at radius 1 is 1.08 bits per heavy atom. The molecule has 184 valence electrons. The van der Waals surface area contributed by atoms with Crippen LogP contribution in [0.2, 0.25) is 0 Å². The van der Waals surface area contributed by atoms with Crippen molar-refractivity contribution < 1.29 is 9.53 Å². The minimum atomic E-state index is -0.507. The summed E-state index contributed by atoms with van der Waals surface area (Å²) in [4.78, 5) is 17.9. The molecule has 1 fully saturated rings. The highest BCUT2D eigenvalue weighted by atomic mass is 16.5. The number of primary amides is 1. The van der Waals surface area contributed by atoms with Crippen LogP contribution in [0, 0.1) is 0 Å². The molecular weight excluding hydrogens is 446 g/mol. The molecule has 1 aromatic heterocycles. The molecule has 5 heteroatoms. The van der Waals surface area contributed by atoms with Crippen molar-refractivity contribution in [1.29, 1.82) is 0 Å². The van der Waals surface area contributed by atoms with Gasteiger partial charge in [0.1, 0.15) is 5.75 Å². The largest absolute Gasteiger partial charge is 0.439 e. The first kappa shape index (κ1) is 25.1. The second-order valence-corrected chi connectivity index (χ2v) is 9.08. The van der Waals surface area contributed by atoms with Gasteiger partial charge < -0.3 is 10.5 Å². The molecule has 2 N–H and O–H groups in total. The second kappa shape index (κ2) is 11.6. The Kier molecular flexibility index (Phi) is 8.13. The monoisotopic (exact) mass is 479 g/mol. The van der Waals surface area contributed by atoms with E-state index in [4.69, 9.17) is 10.5 Å². The average molecular weight is 480 g/mol.